The van der Waals surface area contributed by atoms with Gasteiger partial charge in [0.15, 0.2) is 5.69 Å². The van der Waals surface area contributed by atoms with Crippen LogP contribution in [0.2, 0.25) is 5.02 Å². The Hall–Kier alpha value is -2.74. The van der Waals surface area contributed by atoms with Crippen molar-refractivity contribution >= 4 is 29.2 Å². The van der Waals surface area contributed by atoms with E-state index in [2.05, 4.69) is 10.4 Å². The fourth-order valence-corrected chi connectivity index (χ4v) is 2.10. The number of amides is 3. The maximum atomic E-state index is 11.4. The maximum Gasteiger partial charge on any atom is 0.316 e. The number of halogens is 1. The second-order valence-corrected chi connectivity index (χ2v) is 5.06. The molecule has 0 saturated heterocycles. The van der Waals surface area contributed by atoms with Crippen LogP contribution in [0.4, 0.5) is 10.5 Å². The molecule has 1 aromatic carbocycles. The number of carbonyl (C=O) groups excluding carboxylic acids is 2. The zero-order valence-corrected chi connectivity index (χ0v) is 13.1. The largest absolute Gasteiger partial charge is 0.492 e. The molecule has 0 aliphatic rings. The molecular formula is C14H16ClN5O3. The molecule has 0 atom stereocenters. The van der Waals surface area contributed by atoms with E-state index in [1.165, 1.54) is 10.9 Å². The predicted octanol–water partition coefficient (Wildman–Crippen LogP) is 1.90. The number of hydrogen-bond acceptors (Lipinski definition) is 4. The first-order valence-electron chi connectivity index (χ1n) is 6.81. The Balaban J connectivity index is 2.36. The number of benzene rings is 1. The lowest BCUT2D eigenvalue weighted by molar-refractivity contribution is 0.0996. The topological polar surface area (TPSA) is 125 Å². The van der Waals surface area contributed by atoms with Gasteiger partial charge in [0.1, 0.15) is 5.75 Å². The first kappa shape index (κ1) is 16.6. The zero-order chi connectivity index (χ0) is 17.0. The van der Waals surface area contributed by atoms with Crippen molar-refractivity contribution in [1.82, 2.24) is 9.78 Å². The van der Waals surface area contributed by atoms with Crippen molar-refractivity contribution in [1.29, 1.82) is 0 Å². The molecule has 1 aromatic heterocycles. The van der Waals surface area contributed by atoms with Gasteiger partial charge in [0.25, 0.3) is 5.91 Å². The van der Waals surface area contributed by atoms with Crippen LogP contribution in [0, 0.1) is 0 Å². The number of urea groups is 1. The third-order valence-corrected chi connectivity index (χ3v) is 3.14. The molecule has 0 aliphatic carbocycles. The predicted molar refractivity (Wildman–Crippen MR) is 86.1 cm³/mol. The van der Waals surface area contributed by atoms with Gasteiger partial charge in [-0.05, 0) is 24.6 Å². The molecule has 3 amide bonds. The molecule has 0 spiro atoms. The highest BCUT2D eigenvalue weighted by Gasteiger charge is 2.16. The van der Waals surface area contributed by atoms with Crippen molar-refractivity contribution in [2.75, 3.05) is 11.9 Å². The van der Waals surface area contributed by atoms with E-state index in [-0.39, 0.29) is 11.4 Å². The fraction of sp³-hybridized carbons (Fsp3) is 0.214. The molecule has 9 heteroatoms. The molecule has 2 rings (SSSR count). The molecule has 122 valence electrons. The number of nitrogens with zero attached hydrogens (tertiary/aromatic N) is 2. The van der Waals surface area contributed by atoms with Gasteiger partial charge in [-0.1, -0.05) is 18.5 Å². The summed E-state index contributed by atoms with van der Waals surface area (Å²) < 4.78 is 6.85. The lowest BCUT2D eigenvalue weighted by Gasteiger charge is -2.08. The summed E-state index contributed by atoms with van der Waals surface area (Å²) >= 11 is 6.16. The van der Waals surface area contributed by atoms with Gasteiger partial charge < -0.3 is 21.5 Å². The van der Waals surface area contributed by atoms with Gasteiger partial charge in [-0.25, -0.2) is 9.48 Å². The van der Waals surface area contributed by atoms with Crippen LogP contribution in [-0.2, 0) is 0 Å². The van der Waals surface area contributed by atoms with E-state index in [4.69, 9.17) is 27.8 Å². The summed E-state index contributed by atoms with van der Waals surface area (Å²) in [6, 6.07) is 4.20. The van der Waals surface area contributed by atoms with E-state index in [1.54, 1.807) is 18.2 Å². The molecular weight excluding hydrogens is 322 g/mol. The molecule has 2 aromatic rings. The molecule has 0 unspecified atom stereocenters. The normalized spacial score (nSPS) is 10.3. The molecule has 1 heterocycles. The molecule has 0 saturated carbocycles. The van der Waals surface area contributed by atoms with Crippen molar-refractivity contribution in [3.63, 3.8) is 0 Å². The van der Waals surface area contributed by atoms with E-state index in [0.29, 0.717) is 23.1 Å². The van der Waals surface area contributed by atoms with Crippen LogP contribution in [-0.4, -0.2) is 28.3 Å². The second kappa shape index (κ2) is 7.01. The fourth-order valence-electron chi connectivity index (χ4n) is 1.87. The standard InChI is InChI=1S/C14H16ClN5O3/c1-2-5-23-11-4-3-8(6-9(11)15)20-7-10(18-14(17)22)12(19-20)13(16)21/h3-4,6-7H,2,5H2,1H3,(H2,16,21)(H3,17,18,22). The Labute approximate surface area is 137 Å². The average Bonchev–Trinajstić information content (AvgIpc) is 2.89. The molecule has 0 aliphatic heterocycles. The van der Waals surface area contributed by atoms with Crippen molar-refractivity contribution in [2.24, 2.45) is 11.5 Å². The highest BCUT2D eigenvalue weighted by atomic mass is 35.5. The van der Waals surface area contributed by atoms with Crippen LogP contribution in [0.5, 0.6) is 5.75 Å². The highest BCUT2D eigenvalue weighted by Crippen LogP contribution is 2.28. The quantitative estimate of drug-likeness (QED) is 0.744. The first-order chi connectivity index (χ1) is 10.9. The summed E-state index contributed by atoms with van der Waals surface area (Å²) in [4.78, 5) is 22.4. The Morgan fingerprint density at radius 3 is 2.70 bits per heavy atom. The molecule has 0 fully saturated rings. The number of hydrogen-bond donors (Lipinski definition) is 3. The minimum absolute atomic E-state index is 0.105. The number of aromatic nitrogens is 2. The lowest BCUT2D eigenvalue weighted by Crippen LogP contribution is -2.22. The summed E-state index contributed by atoms with van der Waals surface area (Å²) in [5.41, 5.74) is 10.9. The van der Waals surface area contributed by atoms with Gasteiger partial charge in [-0.3, -0.25) is 4.79 Å². The zero-order valence-electron chi connectivity index (χ0n) is 12.4. The number of primary amides is 2. The lowest BCUT2D eigenvalue weighted by atomic mass is 10.3. The van der Waals surface area contributed by atoms with Gasteiger partial charge in [-0.15, -0.1) is 0 Å². The molecule has 5 N–H and O–H groups in total. The third-order valence-electron chi connectivity index (χ3n) is 2.85. The molecule has 0 radical (unpaired) electrons. The SMILES string of the molecule is CCCOc1ccc(-n2cc(NC(N)=O)c(C(N)=O)n2)cc1Cl. The van der Waals surface area contributed by atoms with Gasteiger partial charge in [0.05, 0.1) is 29.2 Å². The molecule has 8 nitrogen and oxygen atoms in total. The van der Waals surface area contributed by atoms with Gasteiger partial charge in [0.2, 0.25) is 0 Å². The van der Waals surface area contributed by atoms with E-state index >= 15 is 0 Å². The van der Waals surface area contributed by atoms with Crippen molar-refractivity contribution in [2.45, 2.75) is 13.3 Å². The first-order valence-corrected chi connectivity index (χ1v) is 7.18. The van der Waals surface area contributed by atoms with Crippen LogP contribution in [0.3, 0.4) is 0 Å². The second-order valence-electron chi connectivity index (χ2n) is 4.65. The third kappa shape index (κ3) is 3.92. The number of carbonyl (C=O) groups is 2. The molecule has 23 heavy (non-hydrogen) atoms. The Morgan fingerprint density at radius 2 is 2.13 bits per heavy atom. The van der Waals surface area contributed by atoms with Gasteiger partial charge in [-0.2, -0.15) is 5.10 Å². The van der Waals surface area contributed by atoms with E-state index in [9.17, 15) is 9.59 Å². The molecule has 0 bridgehead atoms. The maximum absolute atomic E-state index is 11.4. The minimum atomic E-state index is -0.826. The number of anilines is 1. The Morgan fingerprint density at radius 1 is 1.39 bits per heavy atom. The number of ether oxygens (including phenoxy) is 1. The summed E-state index contributed by atoms with van der Waals surface area (Å²) in [7, 11) is 0. The van der Waals surface area contributed by atoms with Crippen molar-refractivity contribution in [3.05, 3.63) is 35.1 Å². The summed E-state index contributed by atoms with van der Waals surface area (Å²) in [5.74, 6) is -0.239. The summed E-state index contributed by atoms with van der Waals surface area (Å²) in [5, 5.41) is 6.73. The minimum Gasteiger partial charge on any atom is -0.492 e. The van der Waals surface area contributed by atoms with Crippen LogP contribution in [0.15, 0.2) is 24.4 Å². The monoisotopic (exact) mass is 337 g/mol. The highest BCUT2D eigenvalue weighted by molar-refractivity contribution is 6.32. The van der Waals surface area contributed by atoms with Crippen LogP contribution in [0.25, 0.3) is 5.69 Å². The summed E-state index contributed by atoms with van der Waals surface area (Å²) in [6.07, 6.45) is 2.28. The Kier molecular flexibility index (Phi) is 5.07. The van der Waals surface area contributed by atoms with Crippen LogP contribution >= 0.6 is 11.6 Å². The van der Waals surface area contributed by atoms with Crippen molar-refractivity contribution in [3.8, 4) is 11.4 Å². The van der Waals surface area contributed by atoms with E-state index in [1.807, 2.05) is 6.92 Å². The number of nitrogens with two attached hydrogens (primary N) is 2. The van der Waals surface area contributed by atoms with Crippen LogP contribution in [0.1, 0.15) is 23.8 Å². The smallest absolute Gasteiger partial charge is 0.316 e. The number of nitrogens with one attached hydrogen (secondary N) is 1. The van der Waals surface area contributed by atoms with Crippen LogP contribution < -0.4 is 21.5 Å². The Bertz CT molecular complexity index is 744. The van der Waals surface area contributed by atoms with Gasteiger partial charge >= 0.3 is 6.03 Å². The van der Waals surface area contributed by atoms with Gasteiger partial charge in [0, 0.05) is 0 Å². The van der Waals surface area contributed by atoms with E-state index < -0.39 is 11.9 Å². The van der Waals surface area contributed by atoms with E-state index in [0.717, 1.165) is 6.42 Å². The number of rotatable bonds is 6. The van der Waals surface area contributed by atoms with Crippen molar-refractivity contribution < 1.29 is 14.3 Å². The average molecular weight is 338 g/mol. The summed E-state index contributed by atoms with van der Waals surface area (Å²) in [6.45, 7) is 2.55.